The summed E-state index contributed by atoms with van der Waals surface area (Å²) in [6.45, 7) is 1.63. The van der Waals surface area contributed by atoms with Crippen molar-refractivity contribution in [2.24, 2.45) is 0 Å². The van der Waals surface area contributed by atoms with Crippen LogP contribution in [-0.2, 0) is 26.1 Å². The standard InChI is InChI=1S/C16H18O5S/c1-2-21-15(17)16(22(18,19)20)10-8-14(9-11-16)12-13-6-4-3-5-7-13/h3-10H,2,11-12H2,1H3,(H,18,19,20). The van der Waals surface area contributed by atoms with Crippen molar-refractivity contribution in [3.05, 3.63) is 59.7 Å². The molecule has 5 nitrogen and oxygen atoms in total. The molecule has 0 fully saturated rings. The lowest BCUT2D eigenvalue weighted by Crippen LogP contribution is -2.46. The Kier molecular flexibility index (Phi) is 4.83. The van der Waals surface area contributed by atoms with E-state index >= 15 is 0 Å². The predicted molar refractivity (Wildman–Crippen MR) is 82.9 cm³/mol. The summed E-state index contributed by atoms with van der Waals surface area (Å²) in [4.78, 5) is 12.0. The van der Waals surface area contributed by atoms with Crippen molar-refractivity contribution in [3.8, 4) is 0 Å². The maximum Gasteiger partial charge on any atom is 0.334 e. The molecule has 1 aliphatic carbocycles. The van der Waals surface area contributed by atoms with Gasteiger partial charge in [0.05, 0.1) is 6.61 Å². The molecule has 1 aliphatic rings. The molecule has 1 unspecified atom stereocenters. The molecule has 0 aromatic heterocycles. The van der Waals surface area contributed by atoms with Gasteiger partial charge in [-0.1, -0.05) is 42.5 Å². The van der Waals surface area contributed by atoms with Crippen LogP contribution in [0.15, 0.2) is 54.1 Å². The summed E-state index contributed by atoms with van der Waals surface area (Å²) in [6.07, 6.45) is 4.92. The van der Waals surface area contributed by atoms with Crippen molar-refractivity contribution >= 4 is 16.1 Å². The van der Waals surface area contributed by atoms with Crippen LogP contribution in [0.3, 0.4) is 0 Å². The van der Waals surface area contributed by atoms with Crippen LogP contribution in [0, 0.1) is 0 Å². The molecule has 1 aromatic rings. The van der Waals surface area contributed by atoms with Crippen LogP contribution >= 0.6 is 0 Å². The zero-order chi connectivity index (χ0) is 16.2. The van der Waals surface area contributed by atoms with Crippen molar-refractivity contribution in [3.63, 3.8) is 0 Å². The van der Waals surface area contributed by atoms with E-state index in [-0.39, 0.29) is 13.0 Å². The number of hydrogen-bond acceptors (Lipinski definition) is 4. The Morgan fingerprint density at radius 1 is 1.32 bits per heavy atom. The third kappa shape index (κ3) is 3.28. The van der Waals surface area contributed by atoms with Gasteiger partial charge in [0, 0.05) is 6.42 Å². The van der Waals surface area contributed by atoms with Crippen LogP contribution in [0.5, 0.6) is 0 Å². The van der Waals surface area contributed by atoms with Gasteiger partial charge in [0.15, 0.2) is 0 Å². The van der Waals surface area contributed by atoms with Crippen molar-refractivity contribution in [1.29, 1.82) is 0 Å². The van der Waals surface area contributed by atoms with E-state index < -0.39 is 20.8 Å². The molecule has 1 aromatic carbocycles. The largest absolute Gasteiger partial charge is 0.464 e. The van der Waals surface area contributed by atoms with Gasteiger partial charge in [-0.2, -0.15) is 8.42 Å². The van der Waals surface area contributed by atoms with Crippen LogP contribution in [-0.4, -0.2) is 30.3 Å². The van der Waals surface area contributed by atoms with Crippen LogP contribution < -0.4 is 0 Å². The van der Waals surface area contributed by atoms with Crippen LogP contribution in [0.25, 0.3) is 0 Å². The lowest BCUT2D eigenvalue weighted by molar-refractivity contribution is -0.145. The molecule has 0 heterocycles. The summed E-state index contributed by atoms with van der Waals surface area (Å²) in [5.74, 6) is -0.955. The number of allylic oxidation sites excluding steroid dienone is 3. The van der Waals surface area contributed by atoms with Gasteiger partial charge in [-0.05, 0) is 30.6 Å². The minimum absolute atomic E-state index is 0.0462. The second kappa shape index (κ2) is 6.46. The third-order valence-corrected chi connectivity index (χ3v) is 4.96. The fourth-order valence-electron chi connectivity index (χ4n) is 2.32. The van der Waals surface area contributed by atoms with Gasteiger partial charge in [-0.25, -0.2) is 4.79 Å². The van der Waals surface area contributed by atoms with Gasteiger partial charge in [0.25, 0.3) is 10.1 Å². The normalized spacial score (nSPS) is 21.3. The van der Waals surface area contributed by atoms with Gasteiger partial charge >= 0.3 is 5.97 Å². The van der Waals surface area contributed by atoms with E-state index in [1.54, 1.807) is 19.1 Å². The summed E-state index contributed by atoms with van der Waals surface area (Å²) in [5.41, 5.74) is 1.96. The van der Waals surface area contributed by atoms with Gasteiger partial charge in [0.2, 0.25) is 4.75 Å². The van der Waals surface area contributed by atoms with E-state index in [0.717, 1.165) is 11.1 Å². The Labute approximate surface area is 130 Å². The molecule has 0 saturated carbocycles. The Balaban J connectivity index is 2.23. The fraction of sp³-hybridized carbons (Fsp3) is 0.312. The van der Waals surface area contributed by atoms with E-state index in [1.165, 1.54) is 6.08 Å². The van der Waals surface area contributed by atoms with Gasteiger partial charge in [-0.15, -0.1) is 0 Å². The zero-order valence-electron chi connectivity index (χ0n) is 12.2. The molecule has 118 valence electrons. The molecule has 0 saturated heterocycles. The van der Waals surface area contributed by atoms with E-state index in [0.29, 0.717) is 6.42 Å². The highest BCUT2D eigenvalue weighted by molar-refractivity contribution is 7.88. The maximum atomic E-state index is 12.0. The average molecular weight is 322 g/mol. The molecule has 22 heavy (non-hydrogen) atoms. The molecule has 0 amide bonds. The summed E-state index contributed by atoms with van der Waals surface area (Å²) in [6, 6.07) is 9.68. The average Bonchev–Trinajstić information content (AvgIpc) is 2.48. The lowest BCUT2D eigenvalue weighted by atomic mass is 9.92. The number of rotatable bonds is 5. The summed E-state index contributed by atoms with van der Waals surface area (Å²) >= 11 is 0. The Morgan fingerprint density at radius 2 is 2.00 bits per heavy atom. The molecule has 0 radical (unpaired) electrons. The van der Waals surface area contributed by atoms with E-state index in [1.807, 2.05) is 30.3 Å². The van der Waals surface area contributed by atoms with E-state index in [2.05, 4.69) is 0 Å². The molecule has 0 bridgehead atoms. The zero-order valence-corrected chi connectivity index (χ0v) is 13.0. The molecule has 1 N–H and O–H groups in total. The van der Waals surface area contributed by atoms with Crippen molar-refractivity contribution in [2.45, 2.75) is 24.5 Å². The smallest absolute Gasteiger partial charge is 0.334 e. The number of carbonyl (C=O) groups excluding carboxylic acids is 1. The first-order valence-corrected chi connectivity index (χ1v) is 8.39. The maximum absolute atomic E-state index is 12.0. The van der Waals surface area contributed by atoms with Gasteiger partial charge in [0.1, 0.15) is 0 Å². The molecular formula is C16H18O5S. The second-order valence-corrected chi connectivity index (χ2v) is 6.74. The first kappa shape index (κ1) is 16.5. The van der Waals surface area contributed by atoms with Crippen molar-refractivity contribution in [2.75, 3.05) is 6.61 Å². The molecule has 1 atom stereocenters. The molecule has 0 aliphatic heterocycles. The Morgan fingerprint density at radius 3 is 2.50 bits per heavy atom. The SMILES string of the molecule is CCOC(=O)C1(S(=O)(=O)O)C=CC(Cc2ccccc2)=CC1. The van der Waals surface area contributed by atoms with Crippen molar-refractivity contribution in [1.82, 2.24) is 0 Å². The molecule has 6 heteroatoms. The topological polar surface area (TPSA) is 80.7 Å². The minimum atomic E-state index is -4.61. The summed E-state index contributed by atoms with van der Waals surface area (Å²) < 4.78 is 35.6. The van der Waals surface area contributed by atoms with E-state index in [4.69, 9.17) is 4.74 Å². The Hall–Kier alpha value is -1.92. The molecule has 0 spiro atoms. The van der Waals surface area contributed by atoms with Crippen LogP contribution in [0.1, 0.15) is 18.9 Å². The van der Waals surface area contributed by atoms with E-state index in [9.17, 15) is 17.8 Å². The highest BCUT2D eigenvalue weighted by atomic mass is 32.2. The third-order valence-electron chi connectivity index (χ3n) is 3.57. The quantitative estimate of drug-likeness (QED) is 0.664. The summed E-state index contributed by atoms with van der Waals surface area (Å²) in [7, 11) is -4.61. The number of carbonyl (C=O) groups is 1. The highest BCUT2D eigenvalue weighted by Gasteiger charge is 2.49. The lowest BCUT2D eigenvalue weighted by Gasteiger charge is -2.26. The number of ether oxygens (including phenoxy) is 1. The van der Waals surface area contributed by atoms with Gasteiger partial charge < -0.3 is 4.74 Å². The van der Waals surface area contributed by atoms with Crippen LogP contribution in [0.2, 0.25) is 0 Å². The highest BCUT2D eigenvalue weighted by Crippen LogP contribution is 2.31. The molecular weight excluding hydrogens is 304 g/mol. The first-order valence-electron chi connectivity index (χ1n) is 6.95. The second-order valence-electron chi connectivity index (χ2n) is 5.06. The number of hydrogen-bond donors (Lipinski definition) is 1. The summed E-state index contributed by atoms with van der Waals surface area (Å²) in [5, 5.41) is 0. The number of benzene rings is 1. The van der Waals surface area contributed by atoms with Gasteiger partial charge in [-0.3, -0.25) is 4.55 Å². The fourth-order valence-corrected chi connectivity index (χ4v) is 3.13. The number of esters is 1. The van der Waals surface area contributed by atoms with Crippen molar-refractivity contribution < 1.29 is 22.5 Å². The van der Waals surface area contributed by atoms with Crippen LogP contribution in [0.4, 0.5) is 0 Å². The minimum Gasteiger partial charge on any atom is -0.464 e. The Bertz CT molecular complexity index is 703. The molecule has 2 rings (SSSR count). The monoisotopic (exact) mass is 322 g/mol. The first-order chi connectivity index (χ1) is 10.4. The predicted octanol–water partition coefficient (Wildman–Crippen LogP) is 2.31.